The predicted octanol–water partition coefficient (Wildman–Crippen LogP) is 1.49. The van der Waals surface area contributed by atoms with E-state index in [4.69, 9.17) is 4.42 Å². The Balaban J connectivity index is 1.93. The molecule has 0 fully saturated rings. The molecule has 0 amide bonds. The molecule has 0 aliphatic heterocycles. The van der Waals surface area contributed by atoms with Crippen molar-refractivity contribution in [3.05, 3.63) is 47.7 Å². The van der Waals surface area contributed by atoms with Crippen molar-refractivity contribution < 1.29 is 13.9 Å². The molecule has 0 unspecified atom stereocenters. The second-order valence-electron chi connectivity index (χ2n) is 4.19. The van der Waals surface area contributed by atoms with E-state index in [-0.39, 0.29) is 5.97 Å². The Bertz CT molecular complexity index is 523. The van der Waals surface area contributed by atoms with Gasteiger partial charge in [0.1, 0.15) is 0 Å². The van der Waals surface area contributed by atoms with E-state index in [1.807, 2.05) is 24.1 Å². The number of hydrogen-bond donors (Lipinski definition) is 0. The Kier molecular flexibility index (Phi) is 4.25. The van der Waals surface area contributed by atoms with Crippen LogP contribution < -0.4 is 0 Å². The van der Waals surface area contributed by atoms with Crippen molar-refractivity contribution in [2.45, 2.75) is 13.1 Å². The lowest BCUT2D eigenvalue weighted by atomic mass is 10.1. The SMILES string of the molecule is COC(=O)c1ccc(CN(C)Cc2nnco2)cc1. The molecule has 0 spiro atoms. The maximum atomic E-state index is 11.3. The minimum atomic E-state index is -0.328. The number of carbonyl (C=O) groups is 1. The lowest BCUT2D eigenvalue weighted by molar-refractivity contribution is 0.0600. The third-order valence-corrected chi connectivity index (χ3v) is 2.64. The molecule has 19 heavy (non-hydrogen) atoms. The van der Waals surface area contributed by atoms with Gasteiger partial charge in [0.15, 0.2) is 0 Å². The minimum absolute atomic E-state index is 0.328. The first-order chi connectivity index (χ1) is 9.19. The minimum Gasteiger partial charge on any atom is -0.465 e. The zero-order chi connectivity index (χ0) is 13.7. The van der Waals surface area contributed by atoms with E-state index in [1.165, 1.54) is 13.5 Å². The van der Waals surface area contributed by atoms with Crippen LogP contribution in [0.1, 0.15) is 21.8 Å². The molecular formula is C13H15N3O3. The lowest BCUT2D eigenvalue weighted by Crippen LogP contribution is -2.17. The molecule has 0 saturated heterocycles. The van der Waals surface area contributed by atoms with Crippen molar-refractivity contribution in [3.63, 3.8) is 0 Å². The second kappa shape index (κ2) is 6.10. The fraction of sp³-hybridized carbons (Fsp3) is 0.308. The van der Waals surface area contributed by atoms with Gasteiger partial charge in [0.25, 0.3) is 0 Å². The maximum absolute atomic E-state index is 11.3. The van der Waals surface area contributed by atoms with Crippen LogP contribution in [0.15, 0.2) is 35.1 Å². The summed E-state index contributed by atoms with van der Waals surface area (Å²) in [5.41, 5.74) is 1.64. The molecule has 6 heteroatoms. The van der Waals surface area contributed by atoms with Crippen LogP contribution in [0.5, 0.6) is 0 Å². The summed E-state index contributed by atoms with van der Waals surface area (Å²) < 4.78 is 9.73. The second-order valence-corrected chi connectivity index (χ2v) is 4.19. The highest BCUT2D eigenvalue weighted by molar-refractivity contribution is 5.89. The fourth-order valence-electron chi connectivity index (χ4n) is 1.73. The largest absolute Gasteiger partial charge is 0.465 e. The van der Waals surface area contributed by atoms with Crippen LogP contribution in [0.3, 0.4) is 0 Å². The first-order valence-electron chi connectivity index (χ1n) is 5.80. The summed E-state index contributed by atoms with van der Waals surface area (Å²) >= 11 is 0. The number of benzene rings is 1. The number of carbonyl (C=O) groups excluding carboxylic acids is 1. The van der Waals surface area contributed by atoms with Gasteiger partial charge in [0.2, 0.25) is 12.3 Å². The average Bonchev–Trinajstić information content (AvgIpc) is 2.91. The van der Waals surface area contributed by atoms with Crippen LogP contribution in [-0.4, -0.2) is 35.2 Å². The van der Waals surface area contributed by atoms with Crippen molar-refractivity contribution in [3.8, 4) is 0 Å². The molecule has 0 atom stereocenters. The number of methoxy groups -OCH3 is 1. The number of esters is 1. The molecule has 0 N–H and O–H groups in total. The standard InChI is InChI=1S/C13H15N3O3/c1-16(8-12-15-14-9-19-12)7-10-3-5-11(6-4-10)13(17)18-2/h3-6,9H,7-8H2,1-2H3. The summed E-state index contributed by atoms with van der Waals surface area (Å²) in [7, 11) is 3.33. The molecule has 0 bridgehead atoms. The third-order valence-electron chi connectivity index (χ3n) is 2.64. The average molecular weight is 261 g/mol. The fourth-order valence-corrected chi connectivity index (χ4v) is 1.73. The van der Waals surface area contributed by atoms with Crippen LogP contribution >= 0.6 is 0 Å². The zero-order valence-electron chi connectivity index (χ0n) is 10.9. The molecule has 0 aliphatic rings. The molecule has 1 aromatic heterocycles. The zero-order valence-corrected chi connectivity index (χ0v) is 10.9. The van der Waals surface area contributed by atoms with Crippen molar-refractivity contribution in [2.75, 3.05) is 14.2 Å². The summed E-state index contributed by atoms with van der Waals surface area (Å²) in [6, 6.07) is 7.30. The van der Waals surface area contributed by atoms with E-state index in [2.05, 4.69) is 14.9 Å². The molecule has 2 aromatic rings. The van der Waals surface area contributed by atoms with Crippen LogP contribution in [0, 0.1) is 0 Å². The van der Waals surface area contributed by atoms with Crippen LogP contribution in [-0.2, 0) is 17.8 Å². The van der Waals surface area contributed by atoms with Crippen LogP contribution in [0.4, 0.5) is 0 Å². The van der Waals surface area contributed by atoms with Gasteiger partial charge in [-0.3, -0.25) is 4.90 Å². The van der Waals surface area contributed by atoms with Crippen molar-refractivity contribution in [1.29, 1.82) is 0 Å². The molecule has 0 saturated carbocycles. The van der Waals surface area contributed by atoms with Gasteiger partial charge in [-0.25, -0.2) is 4.79 Å². The molecule has 6 nitrogen and oxygen atoms in total. The normalized spacial score (nSPS) is 10.7. The van der Waals surface area contributed by atoms with Crippen molar-refractivity contribution in [2.24, 2.45) is 0 Å². The predicted molar refractivity (Wildman–Crippen MR) is 67.3 cm³/mol. The number of ether oxygens (including phenoxy) is 1. The molecule has 0 radical (unpaired) electrons. The number of aromatic nitrogens is 2. The Morgan fingerprint density at radius 1 is 1.32 bits per heavy atom. The van der Waals surface area contributed by atoms with E-state index in [1.54, 1.807) is 12.1 Å². The highest BCUT2D eigenvalue weighted by Crippen LogP contribution is 2.09. The van der Waals surface area contributed by atoms with Crippen molar-refractivity contribution in [1.82, 2.24) is 15.1 Å². The number of rotatable bonds is 5. The van der Waals surface area contributed by atoms with E-state index in [9.17, 15) is 4.79 Å². The molecule has 0 aliphatic carbocycles. The highest BCUT2D eigenvalue weighted by Gasteiger charge is 2.07. The number of hydrogen-bond acceptors (Lipinski definition) is 6. The summed E-state index contributed by atoms with van der Waals surface area (Å²) in [4.78, 5) is 13.3. The van der Waals surface area contributed by atoms with E-state index in [0.29, 0.717) is 18.0 Å². The highest BCUT2D eigenvalue weighted by atomic mass is 16.5. The summed E-state index contributed by atoms with van der Waals surface area (Å²) in [5.74, 6) is 0.249. The topological polar surface area (TPSA) is 68.5 Å². The van der Waals surface area contributed by atoms with Gasteiger partial charge in [-0.1, -0.05) is 12.1 Å². The van der Waals surface area contributed by atoms with Gasteiger partial charge in [0.05, 0.1) is 19.2 Å². The van der Waals surface area contributed by atoms with E-state index >= 15 is 0 Å². The Labute approximate surface area is 111 Å². The molecule has 100 valence electrons. The summed E-state index contributed by atoms with van der Waals surface area (Å²) in [6.07, 6.45) is 1.31. The monoisotopic (exact) mass is 261 g/mol. The molecule has 2 rings (SSSR count). The van der Waals surface area contributed by atoms with Gasteiger partial charge in [-0.2, -0.15) is 0 Å². The van der Waals surface area contributed by atoms with Gasteiger partial charge >= 0.3 is 5.97 Å². The van der Waals surface area contributed by atoms with Gasteiger partial charge in [0, 0.05) is 6.54 Å². The quantitative estimate of drug-likeness (QED) is 0.759. The van der Waals surface area contributed by atoms with E-state index in [0.717, 1.165) is 12.1 Å². The van der Waals surface area contributed by atoms with E-state index < -0.39 is 0 Å². The lowest BCUT2D eigenvalue weighted by Gasteiger charge is -2.14. The van der Waals surface area contributed by atoms with Crippen molar-refractivity contribution >= 4 is 5.97 Å². The van der Waals surface area contributed by atoms with Gasteiger partial charge in [-0.15, -0.1) is 10.2 Å². The molecule has 1 heterocycles. The Morgan fingerprint density at radius 3 is 2.63 bits per heavy atom. The first kappa shape index (κ1) is 13.2. The summed E-state index contributed by atoms with van der Waals surface area (Å²) in [5, 5.41) is 7.45. The van der Waals surface area contributed by atoms with Gasteiger partial charge < -0.3 is 9.15 Å². The Morgan fingerprint density at radius 2 is 2.05 bits per heavy atom. The smallest absolute Gasteiger partial charge is 0.337 e. The van der Waals surface area contributed by atoms with Gasteiger partial charge in [-0.05, 0) is 24.7 Å². The van der Waals surface area contributed by atoms with Crippen LogP contribution in [0.2, 0.25) is 0 Å². The summed E-state index contributed by atoms with van der Waals surface area (Å²) in [6.45, 7) is 1.31. The molecule has 1 aromatic carbocycles. The van der Waals surface area contributed by atoms with Crippen LogP contribution in [0.25, 0.3) is 0 Å². The maximum Gasteiger partial charge on any atom is 0.337 e. The molecular weight excluding hydrogens is 246 g/mol. The number of nitrogens with zero attached hydrogens (tertiary/aromatic N) is 3. The Hall–Kier alpha value is -2.21. The third kappa shape index (κ3) is 3.62. The first-order valence-corrected chi connectivity index (χ1v) is 5.80.